The number of likely N-dealkylation sites (N-methyl/N-ethyl adjacent to an activating group) is 1. The zero-order valence-corrected chi connectivity index (χ0v) is 15.5. The Morgan fingerprint density at radius 3 is 2.39 bits per heavy atom. The number of hydrogen-bond donors (Lipinski definition) is 1. The van der Waals surface area contributed by atoms with E-state index in [9.17, 15) is 4.79 Å². The molecule has 6 heteroatoms. The molecule has 1 unspecified atom stereocenters. The van der Waals surface area contributed by atoms with E-state index in [0.717, 1.165) is 37.6 Å². The van der Waals surface area contributed by atoms with Gasteiger partial charge in [-0.2, -0.15) is 0 Å². The predicted octanol–water partition coefficient (Wildman–Crippen LogP) is 2.97. The van der Waals surface area contributed by atoms with Gasteiger partial charge in [-0.15, -0.1) is 12.4 Å². The predicted molar refractivity (Wildman–Crippen MR) is 98.4 cm³/mol. The zero-order chi connectivity index (χ0) is 15.9. The fourth-order valence-electron chi connectivity index (χ4n) is 2.80. The van der Waals surface area contributed by atoms with Gasteiger partial charge in [-0.05, 0) is 31.2 Å². The van der Waals surface area contributed by atoms with Crippen molar-refractivity contribution in [2.45, 2.75) is 25.8 Å². The van der Waals surface area contributed by atoms with E-state index in [1.807, 2.05) is 19.1 Å². The van der Waals surface area contributed by atoms with Crippen molar-refractivity contribution in [1.82, 2.24) is 15.1 Å². The maximum Gasteiger partial charge on any atom is 0.220 e. The van der Waals surface area contributed by atoms with Gasteiger partial charge in [0.1, 0.15) is 0 Å². The lowest BCUT2D eigenvalue weighted by Crippen LogP contribution is -2.48. The zero-order valence-electron chi connectivity index (χ0n) is 13.9. The van der Waals surface area contributed by atoms with Crippen LogP contribution in [-0.2, 0) is 4.79 Å². The molecule has 0 bridgehead atoms. The van der Waals surface area contributed by atoms with Crippen LogP contribution in [0.2, 0.25) is 5.02 Å². The van der Waals surface area contributed by atoms with Crippen LogP contribution in [0.3, 0.4) is 0 Å². The summed E-state index contributed by atoms with van der Waals surface area (Å²) in [7, 11) is 2.15. The first kappa shape index (κ1) is 20.2. The van der Waals surface area contributed by atoms with Crippen LogP contribution in [0.4, 0.5) is 0 Å². The standard InChI is InChI=1S/C17H26ClN3O.ClH/c1-3-4-17(22)19-13-16(14-5-7-15(18)8-6-14)21-11-9-20(2)10-12-21;/h5-8,16H,3-4,9-13H2,1-2H3,(H,19,22);1H. The molecule has 1 saturated heterocycles. The summed E-state index contributed by atoms with van der Waals surface area (Å²) >= 11 is 6.00. The summed E-state index contributed by atoms with van der Waals surface area (Å²) in [6, 6.07) is 8.20. The Bertz CT molecular complexity index is 473. The van der Waals surface area contributed by atoms with Gasteiger partial charge in [-0.25, -0.2) is 0 Å². The fourth-order valence-corrected chi connectivity index (χ4v) is 2.93. The van der Waals surface area contributed by atoms with Crippen LogP contribution in [0.1, 0.15) is 31.4 Å². The molecule has 23 heavy (non-hydrogen) atoms. The van der Waals surface area contributed by atoms with Crippen molar-refractivity contribution in [3.8, 4) is 0 Å². The summed E-state index contributed by atoms with van der Waals surface area (Å²) < 4.78 is 0. The topological polar surface area (TPSA) is 35.6 Å². The molecule has 1 aliphatic rings. The molecule has 2 rings (SSSR count). The van der Waals surface area contributed by atoms with Crippen LogP contribution in [-0.4, -0.2) is 55.5 Å². The number of carbonyl (C=O) groups is 1. The van der Waals surface area contributed by atoms with Crippen molar-refractivity contribution in [1.29, 1.82) is 0 Å². The molecule has 0 aromatic heterocycles. The van der Waals surface area contributed by atoms with E-state index in [1.54, 1.807) is 0 Å². The lowest BCUT2D eigenvalue weighted by Gasteiger charge is -2.38. The van der Waals surface area contributed by atoms with E-state index in [-0.39, 0.29) is 24.4 Å². The SMILES string of the molecule is CCCC(=O)NCC(c1ccc(Cl)cc1)N1CCN(C)CC1.Cl. The van der Waals surface area contributed by atoms with Gasteiger partial charge < -0.3 is 10.2 Å². The average molecular weight is 360 g/mol. The van der Waals surface area contributed by atoms with E-state index in [1.165, 1.54) is 5.56 Å². The van der Waals surface area contributed by atoms with Gasteiger partial charge in [-0.1, -0.05) is 30.7 Å². The first-order valence-corrected chi connectivity index (χ1v) is 8.42. The molecule has 1 aromatic carbocycles. The summed E-state index contributed by atoms with van der Waals surface area (Å²) in [5, 5.41) is 3.82. The van der Waals surface area contributed by atoms with Crippen molar-refractivity contribution in [3.05, 3.63) is 34.9 Å². The Balaban J connectivity index is 0.00000264. The molecule has 0 aliphatic carbocycles. The van der Waals surface area contributed by atoms with Crippen LogP contribution in [0.15, 0.2) is 24.3 Å². The molecule has 1 atom stereocenters. The number of nitrogens with zero attached hydrogens (tertiary/aromatic N) is 2. The van der Waals surface area contributed by atoms with E-state index in [2.05, 4.69) is 34.3 Å². The Labute approximate surface area is 150 Å². The second kappa shape index (κ2) is 10.1. The highest BCUT2D eigenvalue weighted by atomic mass is 35.5. The third-order valence-electron chi connectivity index (χ3n) is 4.20. The van der Waals surface area contributed by atoms with E-state index in [0.29, 0.717) is 13.0 Å². The number of hydrogen-bond acceptors (Lipinski definition) is 3. The van der Waals surface area contributed by atoms with Gasteiger partial charge in [0.25, 0.3) is 0 Å². The van der Waals surface area contributed by atoms with E-state index >= 15 is 0 Å². The monoisotopic (exact) mass is 359 g/mol. The second-order valence-electron chi connectivity index (χ2n) is 5.96. The molecule has 1 amide bonds. The minimum absolute atomic E-state index is 0. The fraction of sp³-hybridized carbons (Fsp3) is 0.588. The average Bonchev–Trinajstić information content (AvgIpc) is 2.51. The van der Waals surface area contributed by atoms with Crippen molar-refractivity contribution in [3.63, 3.8) is 0 Å². The number of halogens is 2. The van der Waals surface area contributed by atoms with Crippen LogP contribution >= 0.6 is 24.0 Å². The second-order valence-corrected chi connectivity index (χ2v) is 6.40. The molecule has 0 saturated carbocycles. The molecule has 130 valence electrons. The quantitative estimate of drug-likeness (QED) is 0.847. The first-order chi connectivity index (χ1) is 10.6. The summed E-state index contributed by atoms with van der Waals surface area (Å²) in [5.74, 6) is 0.135. The van der Waals surface area contributed by atoms with Crippen LogP contribution in [0.25, 0.3) is 0 Å². The van der Waals surface area contributed by atoms with Crippen molar-refractivity contribution < 1.29 is 4.79 Å². The summed E-state index contributed by atoms with van der Waals surface area (Å²) in [6.07, 6.45) is 1.47. The molecule has 0 spiro atoms. The Kier molecular flexibility index (Phi) is 8.92. The maximum absolute atomic E-state index is 11.8. The normalized spacial score (nSPS) is 17.3. The molecule has 1 aliphatic heterocycles. The lowest BCUT2D eigenvalue weighted by atomic mass is 10.0. The highest BCUT2D eigenvalue weighted by Crippen LogP contribution is 2.23. The van der Waals surface area contributed by atoms with Crippen LogP contribution in [0, 0.1) is 0 Å². The molecule has 1 aromatic rings. The molecule has 1 heterocycles. The number of rotatable bonds is 6. The first-order valence-electron chi connectivity index (χ1n) is 8.05. The molecule has 0 radical (unpaired) electrons. The van der Waals surface area contributed by atoms with Gasteiger partial charge in [0.2, 0.25) is 5.91 Å². The number of nitrogens with one attached hydrogen (secondary N) is 1. The lowest BCUT2D eigenvalue weighted by molar-refractivity contribution is -0.121. The van der Waals surface area contributed by atoms with Crippen molar-refractivity contribution in [2.24, 2.45) is 0 Å². The third-order valence-corrected chi connectivity index (χ3v) is 4.46. The van der Waals surface area contributed by atoms with E-state index < -0.39 is 0 Å². The molecule has 1 fully saturated rings. The van der Waals surface area contributed by atoms with Crippen molar-refractivity contribution >= 4 is 29.9 Å². The minimum atomic E-state index is 0. The van der Waals surface area contributed by atoms with Crippen LogP contribution < -0.4 is 5.32 Å². The van der Waals surface area contributed by atoms with Gasteiger partial charge in [0, 0.05) is 44.2 Å². The largest absolute Gasteiger partial charge is 0.354 e. The number of benzene rings is 1. The summed E-state index contributed by atoms with van der Waals surface area (Å²) in [4.78, 5) is 16.6. The molecule has 4 nitrogen and oxygen atoms in total. The number of carbonyl (C=O) groups excluding carboxylic acids is 1. The van der Waals surface area contributed by atoms with Gasteiger partial charge in [0.05, 0.1) is 6.04 Å². The highest BCUT2D eigenvalue weighted by Gasteiger charge is 2.24. The Morgan fingerprint density at radius 1 is 1.22 bits per heavy atom. The van der Waals surface area contributed by atoms with Gasteiger partial charge >= 0.3 is 0 Å². The minimum Gasteiger partial charge on any atom is -0.354 e. The number of amides is 1. The van der Waals surface area contributed by atoms with E-state index in [4.69, 9.17) is 11.6 Å². The Hall–Kier alpha value is -0.810. The molecular weight excluding hydrogens is 333 g/mol. The van der Waals surface area contributed by atoms with Gasteiger partial charge in [0.15, 0.2) is 0 Å². The van der Waals surface area contributed by atoms with Crippen LogP contribution in [0.5, 0.6) is 0 Å². The Morgan fingerprint density at radius 2 is 1.83 bits per heavy atom. The maximum atomic E-state index is 11.8. The number of piperazine rings is 1. The van der Waals surface area contributed by atoms with Gasteiger partial charge in [-0.3, -0.25) is 9.69 Å². The van der Waals surface area contributed by atoms with Crippen molar-refractivity contribution in [2.75, 3.05) is 39.8 Å². The summed E-state index contributed by atoms with van der Waals surface area (Å²) in [6.45, 7) is 6.85. The smallest absolute Gasteiger partial charge is 0.220 e. The molecular formula is C17H27Cl2N3O. The summed E-state index contributed by atoms with van der Waals surface area (Å²) in [5.41, 5.74) is 1.21. The molecule has 1 N–H and O–H groups in total. The third kappa shape index (κ3) is 6.30. The highest BCUT2D eigenvalue weighted by molar-refractivity contribution is 6.30.